The van der Waals surface area contributed by atoms with Gasteiger partial charge < -0.3 is 0 Å². The number of benzene rings is 8. The van der Waals surface area contributed by atoms with Crippen LogP contribution in [0.3, 0.4) is 0 Å². The van der Waals surface area contributed by atoms with E-state index in [1.807, 2.05) is 6.20 Å². The second-order valence-corrected chi connectivity index (χ2v) is 13.4. The Kier molecular flexibility index (Phi) is 5.37. The molecule has 0 fully saturated rings. The van der Waals surface area contributed by atoms with Crippen LogP contribution < -0.4 is 0 Å². The van der Waals surface area contributed by atoms with Crippen LogP contribution in [0.2, 0.25) is 0 Å². The molecule has 0 unspecified atom stereocenters. The Morgan fingerprint density at radius 2 is 0.957 bits per heavy atom. The van der Waals surface area contributed by atoms with Crippen molar-refractivity contribution in [3.63, 3.8) is 0 Å². The predicted molar refractivity (Wildman–Crippen MR) is 198 cm³/mol. The van der Waals surface area contributed by atoms with Crippen molar-refractivity contribution >= 4 is 54.1 Å². The molecule has 2 heteroatoms. The lowest BCUT2D eigenvalue weighted by atomic mass is 9.81. The van der Waals surface area contributed by atoms with Crippen molar-refractivity contribution in [1.29, 1.82) is 0 Å². The normalized spacial score (nSPS) is 13.5. The zero-order valence-corrected chi connectivity index (χ0v) is 26.3. The molecule has 0 saturated heterocycles. The summed E-state index contributed by atoms with van der Waals surface area (Å²) < 4.78 is 0. The summed E-state index contributed by atoms with van der Waals surface area (Å²) in [6.07, 6.45) is 1.94. The van der Waals surface area contributed by atoms with Gasteiger partial charge in [-0.3, -0.25) is 4.98 Å². The van der Waals surface area contributed by atoms with Gasteiger partial charge in [-0.2, -0.15) is 0 Å². The zero-order valence-electron chi connectivity index (χ0n) is 26.3. The van der Waals surface area contributed by atoms with Gasteiger partial charge in [0.1, 0.15) is 0 Å². The molecular weight excluding hydrogens is 569 g/mol. The van der Waals surface area contributed by atoms with E-state index in [0.717, 1.165) is 33.1 Å². The Morgan fingerprint density at radius 1 is 0.426 bits per heavy atom. The highest BCUT2D eigenvalue weighted by molar-refractivity contribution is 6.23. The summed E-state index contributed by atoms with van der Waals surface area (Å²) in [4.78, 5) is 10.3. The van der Waals surface area contributed by atoms with Gasteiger partial charge in [0.2, 0.25) is 0 Å². The maximum Gasteiger partial charge on any atom is 0.0979 e. The molecule has 0 aliphatic heterocycles. The molecule has 1 heterocycles. The van der Waals surface area contributed by atoms with E-state index in [0.29, 0.717) is 0 Å². The molecule has 0 N–H and O–H groups in total. The van der Waals surface area contributed by atoms with Crippen molar-refractivity contribution in [3.05, 3.63) is 157 Å². The number of rotatable bonds is 2. The van der Waals surface area contributed by atoms with Crippen LogP contribution in [0.1, 0.15) is 25.0 Å². The largest absolute Gasteiger partial charge is 0.252 e. The summed E-state index contributed by atoms with van der Waals surface area (Å²) in [5, 5.41) is 9.60. The molecule has 8 aromatic carbocycles. The molecule has 0 radical (unpaired) electrons. The Bertz CT molecular complexity index is 2740. The highest BCUT2D eigenvalue weighted by atomic mass is 14.8. The topological polar surface area (TPSA) is 25.8 Å². The molecule has 0 atom stereocenters. The van der Waals surface area contributed by atoms with Crippen LogP contribution in [0.15, 0.2) is 146 Å². The number of fused-ring (bicyclic) bond motifs is 12. The summed E-state index contributed by atoms with van der Waals surface area (Å²) in [7, 11) is 0. The smallest absolute Gasteiger partial charge is 0.0979 e. The third-order valence-electron chi connectivity index (χ3n) is 10.5. The summed E-state index contributed by atoms with van der Waals surface area (Å²) >= 11 is 0. The molecule has 1 aromatic heterocycles. The lowest BCUT2D eigenvalue weighted by Crippen LogP contribution is -2.14. The minimum atomic E-state index is -0.0289. The molecule has 0 amide bonds. The van der Waals surface area contributed by atoms with Crippen molar-refractivity contribution in [2.24, 2.45) is 0 Å². The summed E-state index contributed by atoms with van der Waals surface area (Å²) in [5.74, 6) is 0. The average molecular weight is 599 g/mol. The SMILES string of the molecule is CC1(C)c2ccccc2-c2ccc(-c3ccc4ccc5ccc(-c6cnc7c8ccccc8c8ccccc8c7n6)cc5c4c3)cc21. The number of hydrogen-bond acceptors (Lipinski definition) is 2. The zero-order chi connectivity index (χ0) is 31.3. The van der Waals surface area contributed by atoms with Crippen LogP contribution in [0, 0.1) is 0 Å². The first kappa shape index (κ1) is 26.4. The fraction of sp³-hybridized carbons (Fsp3) is 0.0667. The van der Waals surface area contributed by atoms with Gasteiger partial charge in [0.05, 0.1) is 22.9 Å². The fourth-order valence-corrected chi connectivity index (χ4v) is 8.03. The minimum Gasteiger partial charge on any atom is -0.252 e. The summed E-state index contributed by atoms with van der Waals surface area (Å²) in [6, 6.07) is 50.9. The van der Waals surface area contributed by atoms with E-state index in [1.54, 1.807) is 0 Å². The van der Waals surface area contributed by atoms with Gasteiger partial charge in [-0.1, -0.05) is 135 Å². The third-order valence-corrected chi connectivity index (χ3v) is 10.5. The second kappa shape index (κ2) is 9.57. The van der Waals surface area contributed by atoms with Crippen molar-refractivity contribution < 1.29 is 0 Å². The molecule has 10 rings (SSSR count). The van der Waals surface area contributed by atoms with Crippen LogP contribution >= 0.6 is 0 Å². The first-order valence-electron chi connectivity index (χ1n) is 16.3. The van der Waals surface area contributed by atoms with E-state index >= 15 is 0 Å². The maximum atomic E-state index is 5.28. The fourth-order valence-electron chi connectivity index (χ4n) is 8.03. The van der Waals surface area contributed by atoms with Crippen LogP contribution in [-0.2, 0) is 5.41 Å². The molecule has 1 aliphatic rings. The standard InChI is InChI=1S/C45H30N2/c1-45(2)40-14-8-7-11-34(40)35-22-21-30(25-41(35)45)29-19-17-27-15-16-28-18-20-31(24-39(28)38(27)23-29)42-26-46-43-36-12-5-3-9-32(36)33-10-4-6-13-37(33)44(43)47-42/h3-26H,1-2H3. The van der Waals surface area contributed by atoms with Gasteiger partial charge in [0, 0.05) is 21.8 Å². The van der Waals surface area contributed by atoms with E-state index in [9.17, 15) is 0 Å². The lowest BCUT2D eigenvalue weighted by Gasteiger charge is -2.22. The molecular formula is C45H30N2. The van der Waals surface area contributed by atoms with E-state index in [-0.39, 0.29) is 5.41 Å². The van der Waals surface area contributed by atoms with Gasteiger partial charge in [0.15, 0.2) is 0 Å². The molecule has 0 bridgehead atoms. The Morgan fingerprint density at radius 3 is 1.70 bits per heavy atom. The Labute approximate surface area is 273 Å². The molecule has 220 valence electrons. The van der Waals surface area contributed by atoms with Gasteiger partial charge in [-0.25, -0.2) is 4.98 Å². The van der Waals surface area contributed by atoms with E-state index < -0.39 is 0 Å². The first-order valence-corrected chi connectivity index (χ1v) is 16.3. The molecule has 0 spiro atoms. The quantitative estimate of drug-likeness (QED) is 0.185. The second-order valence-electron chi connectivity index (χ2n) is 13.4. The van der Waals surface area contributed by atoms with Crippen molar-refractivity contribution in [2.45, 2.75) is 19.3 Å². The molecule has 1 aliphatic carbocycles. The van der Waals surface area contributed by atoms with Crippen molar-refractivity contribution in [3.8, 4) is 33.5 Å². The van der Waals surface area contributed by atoms with Gasteiger partial charge >= 0.3 is 0 Å². The lowest BCUT2D eigenvalue weighted by molar-refractivity contribution is 0.660. The number of hydrogen-bond donors (Lipinski definition) is 0. The molecule has 47 heavy (non-hydrogen) atoms. The number of aromatic nitrogens is 2. The monoisotopic (exact) mass is 598 g/mol. The van der Waals surface area contributed by atoms with E-state index in [4.69, 9.17) is 9.97 Å². The van der Waals surface area contributed by atoms with Gasteiger partial charge in [-0.05, 0) is 83.9 Å². The summed E-state index contributed by atoms with van der Waals surface area (Å²) in [5.41, 5.74) is 11.8. The highest BCUT2D eigenvalue weighted by Gasteiger charge is 2.35. The first-order chi connectivity index (χ1) is 23.0. The predicted octanol–water partition coefficient (Wildman–Crippen LogP) is 11.9. The Hall–Kier alpha value is -5.86. The third kappa shape index (κ3) is 3.79. The van der Waals surface area contributed by atoms with Crippen molar-refractivity contribution in [2.75, 3.05) is 0 Å². The maximum absolute atomic E-state index is 5.28. The highest BCUT2D eigenvalue weighted by Crippen LogP contribution is 2.49. The van der Waals surface area contributed by atoms with Crippen LogP contribution in [-0.4, -0.2) is 9.97 Å². The Balaban J connectivity index is 1.13. The average Bonchev–Trinajstić information content (AvgIpc) is 3.36. The molecule has 0 saturated carbocycles. The van der Waals surface area contributed by atoms with Crippen LogP contribution in [0.5, 0.6) is 0 Å². The van der Waals surface area contributed by atoms with Crippen molar-refractivity contribution in [1.82, 2.24) is 9.97 Å². The minimum absolute atomic E-state index is 0.0289. The van der Waals surface area contributed by atoms with Gasteiger partial charge in [-0.15, -0.1) is 0 Å². The van der Waals surface area contributed by atoms with Crippen LogP contribution in [0.4, 0.5) is 0 Å². The molecule has 2 nitrogen and oxygen atoms in total. The van der Waals surface area contributed by atoms with Crippen LogP contribution in [0.25, 0.3) is 87.6 Å². The molecule has 9 aromatic rings. The summed E-state index contributed by atoms with van der Waals surface area (Å²) in [6.45, 7) is 4.69. The number of nitrogens with zero attached hydrogens (tertiary/aromatic N) is 2. The van der Waals surface area contributed by atoms with Gasteiger partial charge in [0.25, 0.3) is 0 Å². The van der Waals surface area contributed by atoms with E-state index in [1.165, 1.54) is 65.7 Å². The van der Waals surface area contributed by atoms with E-state index in [2.05, 4.69) is 153 Å².